The van der Waals surface area contributed by atoms with E-state index in [1.807, 2.05) is 6.92 Å². The van der Waals surface area contributed by atoms with Gasteiger partial charge in [-0.05, 0) is 80.0 Å². The van der Waals surface area contributed by atoms with Crippen molar-refractivity contribution in [1.29, 1.82) is 0 Å². The van der Waals surface area contributed by atoms with Crippen molar-refractivity contribution in [3.8, 4) is 22.6 Å². The lowest BCUT2D eigenvalue weighted by atomic mass is 9.88. The molecule has 5 rings (SSSR count). The first-order chi connectivity index (χ1) is 17.6. The van der Waals surface area contributed by atoms with Crippen molar-refractivity contribution in [3.63, 3.8) is 0 Å². The maximum absolute atomic E-state index is 13.5. The van der Waals surface area contributed by atoms with Gasteiger partial charge in [0.2, 0.25) is 0 Å². The van der Waals surface area contributed by atoms with Crippen LogP contribution in [0.15, 0.2) is 55.1 Å². The van der Waals surface area contributed by atoms with Crippen molar-refractivity contribution in [3.05, 3.63) is 72.1 Å². The highest BCUT2D eigenvalue weighted by atomic mass is 19.1. The number of hydrogen-bond donors (Lipinski definition) is 0. The monoisotopic (exact) mass is 489 g/mol. The fraction of sp³-hybridized carbons (Fsp3) is 0.414. The number of fused-ring (bicyclic) bond motifs is 1. The molecule has 1 aliphatic carbocycles. The second-order valence-corrected chi connectivity index (χ2v) is 9.69. The first kappa shape index (κ1) is 24.4. The van der Waals surface area contributed by atoms with Crippen LogP contribution >= 0.6 is 0 Å². The molecule has 2 aliphatic rings. The summed E-state index contributed by atoms with van der Waals surface area (Å²) in [5.74, 6) is 2.27. The number of halogens is 1. The van der Waals surface area contributed by atoms with Crippen molar-refractivity contribution in [2.45, 2.75) is 45.2 Å². The molecule has 2 heterocycles. The molecule has 7 heteroatoms. The van der Waals surface area contributed by atoms with Crippen LogP contribution in [0.3, 0.4) is 0 Å². The third-order valence-corrected chi connectivity index (χ3v) is 7.65. The highest BCUT2D eigenvalue weighted by molar-refractivity contribution is 5.95. The summed E-state index contributed by atoms with van der Waals surface area (Å²) in [5, 5.41) is 0. The van der Waals surface area contributed by atoms with Gasteiger partial charge in [0.05, 0.1) is 24.8 Å². The Bertz CT molecular complexity index is 1200. The van der Waals surface area contributed by atoms with Crippen LogP contribution in [0.5, 0.6) is 11.5 Å². The van der Waals surface area contributed by atoms with E-state index in [0.29, 0.717) is 36.5 Å². The summed E-state index contributed by atoms with van der Waals surface area (Å²) in [4.78, 5) is 23.3. The molecule has 0 spiro atoms. The predicted octanol–water partition coefficient (Wildman–Crippen LogP) is 5.56. The highest BCUT2D eigenvalue weighted by Gasteiger charge is 2.44. The SMILES string of the molecule is CCOc1cc(CN2CC[C@H]3C(CC(=O)c4cncnc4)CC[C@H]32)cc(OC)c1-c1ccc(F)cc1. The van der Waals surface area contributed by atoms with Gasteiger partial charge in [0.25, 0.3) is 0 Å². The van der Waals surface area contributed by atoms with Crippen LogP contribution < -0.4 is 9.47 Å². The molecule has 3 aromatic rings. The van der Waals surface area contributed by atoms with Crippen molar-refractivity contribution in [1.82, 2.24) is 14.9 Å². The van der Waals surface area contributed by atoms with Crippen LogP contribution in [0, 0.1) is 17.7 Å². The van der Waals surface area contributed by atoms with E-state index in [0.717, 1.165) is 60.5 Å². The molecule has 1 unspecified atom stereocenters. The Morgan fingerprint density at radius 2 is 1.83 bits per heavy atom. The van der Waals surface area contributed by atoms with E-state index < -0.39 is 0 Å². The Labute approximate surface area is 211 Å². The minimum atomic E-state index is -0.274. The number of carbonyl (C=O) groups is 1. The lowest BCUT2D eigenvalue weighted by Gasteiger charge is -2.25. The van der Waals surface area contributed by atoms with Crippen LogP contribution in [-0.4, -0.2) is 47.0 Å². The number of hydrogen-bond acceptors (Lipinski definition) is 6. The maximum atomic E-state index is 13.5. The molecule has 1 aromatic heterocycles. The van der Waals surface area contributed by atoms with Gasteiger partial charge >= 0.3 is 0 Å². The first-order valence-electron chi connectivity index (χ1n) is 12.7. The second-order valence-electron chi connectivity index (χ2n) is 9.69. The second kappa shape index (κ2) is 10.7. The zero-order valence-corrected chi connectivity index (χ0v) is 20.8. The van der Waals surface area contributed by atoms with Crippen LogP contribution in [0.25, 0.3) is 11.1 Å². The topological polar surface area (TPSA) is 64.5 Å². The van der Waals surface area contributed by atoms with E-state index in [-0.39, 0.29) is 11.6 Å². The van der Waals surface area contributed by atoms with E-state index in [4.69, 9.17) is 9.47 Å². The molecular weight excluding hydrogens is 457 g/mol. The summed E-state index contributed by atoms with van der Waals surface area (Å²) < 4.78 is 25.3. The van der Waals surface area contributed by atoms with Gasteiger partial charge in [0.15, 0.2) is 5.78 Å². The lowest BCUT2D eigenvalue weighted by Crippen LogP contribution is -2.30. The van der Waals surface area contributed by atoms with Gasteiger partial charge in [-0.2, -0.15) is 0 Å². The number of aromatic nitrogens is 2. The quantitative estimate of drug-likeness (QED) is 0.367. The molecule has 188 valence electrons. The smallest absolute Gasteiger partial charge is 0.166 e. The number of likely N-dealkylation sites (tertiary alicyclic amines) is 1. The van der Waals surface area contributed by atoms with Crippen molar-refractivity contribution in [2.24, 2.45) is 11.8 Å². The van der Waals surface area contributed by atoms with Crippen molar-refractivity contribution < 1.29 is 18.7 Å². The van der Waals surface area contributed by atoms with Crippen LogP contribution in [0.4, 0.5) is 4.39 Å². The zero-order valence-electron chi connectivity index (χ0n) is 20.8. The van der Waals surface area contributed by atoms with Gasteiger partial charge in [0, 0.05) is 31.4 Å². The number of Topliss-reactive ketones (excluding diaryl/α,β-unsaturated/α-hetero) is 1. The van der Waals surface area contributed by atoms with Crippen LogP contribution in [0.1, 0.15) is 48.5 Å². The molecule has 1 saturated heterocycles. The molecule has 1 aliphatic heterocycles. The number of ketones is 1. The van der Waals surface area contributed by atoms with Crippen LogP contribution in [0.2, 0.25) is 0 Å². The summed E-state index contributed by atoms with van der Waals surface area (Å²) in [6.45, 7) is 4.30. The molecule has 1 saturated carbocycles. The Kier molecular flexibility index (Phi) is 7.28. The third kappa shape index (κ3) is 4.98. The Morgan fingerprint density at radius 3 is 2.56 bits per heavy atom. The van der Waals surface area contributed by atoms with Gasteiger partial charge < -0.3 is 9.47 Å². The maximum Gasteiger partial charge on any atom is 0.166 e. The van der Waals surface area contributed by atoms with E-state index >= 15 is 0 Å². The number of carbonyl (C=O) groups excluding carboxylic acids is 1. The van der Waals surface area contributed by atoms with E-state index in [1.165, 1.54) is 18.5 Å². The molecule has 2 aromatic carbocycles. The minimum absolute atomic E-state index is 0.141. The summed E-state index contributed by atoms with van der Waals surface area (Å²) in [6.07, 6.45) is 8.53. The molecule has 0 amide bonds. The standard InChI is InChI=1S/C29H32FN3O3/c1-3-36-28-13-19(12-27(35-2)29(28)20-4-7-23(30)8-5-20)17-33-11-10-24-21(6-9-25(24)33)14-26(34)22-15-31-18-32-16-22/h4-5,7-8,12-13,15-16,18,21,24-25H,3,6,9-11,14,17H2,1-2H3/t21?,24-,25+/m0/s1. The van der Waals surface area contributed by atoms with Gasteiger partial charge in [-0.3, -0.25) is 9.69 Å². The van der Waals surface area contributed by atoms with Gasteiger partial charge in [-0.15, -0.1) is 0 Å². The summed E-state index contributed by atoms with van der Waals surface area (Å²) in [5.41, 5.74) is 3.43. The zero-order chi connectivity index (χ0) is 25.1. The Balaban J connectivity index is 1.32. The average Bonchev–Trinajstić information content (AvgIpc) is 3.48. The summed E-state index contributed by atoms with van der Waals surface area (Å²) in [7, 11) is 1.66. The predicted molar refractivity (Wildman–Crippen MR) is 136 cm³/mol. The van der Waals surface area contributed by atoms with Gasteiger partial charge in [-0.25, -0.2) is 14.4 Å². The molecule has 0 N–H and O–H groups in total. The molecule has 0 radical (unpaired) electrons. The largest absolute Gasteiger partial charge is 0.496 e. The van der Waals surface area contributed by atoms with Gasteiger partial charge in [0.1, 0.15) is 23.6 Å². The Hall–Kier alpha value is -3.32. The molecule has 2 fully saturated rings. The number of ether oxygens (including phenoxy) is 2. The van der Waals surface area contributed by atoms with E-state index in [9.17, 15) is 9.18 Å². The average molecular weight is 490 g/mol. The molecular formula is C29H32FN3O3. The highest BCUT2D eigenvalue weighted by Crippen LogP contribution is 2.45. The fourth-order valence-corrected chi connectivity index (χ4v) is 6.04. The molecule has 36 heavy (non-hydrogen) atoms. The molecule has 6 nitrogen and oxygen atoms in total. The fourth-order valence-electron chi connectivity index (χ4n) is 6.04. The summed E-state index contributed by atoms with van der Waals surface area (Å²) in [6, 6.07) is 11.0. The summed E-state index contributed by atoms with van der Waals surface area (Å²) >= 11 is 0. The number of benzene rings is 2. The normalized spacial score (nSPS) is 21.4. The van der Waals surface area contributed by atoms with E-state index in [2.05, 4.69) is 27.0 Å². The number of nitrogens with zero attached hydrogens (tertiary/aromatic N) is 3. The first-order valence-corrected chi connectivity index (χ1v) is 12.7. The molecule has 3 atom stereocenters. The Morgan fingerprint density at radius 1 is 1.08 bits per heavy atom. The number of methoxy groups -OCH3 is 1. The van der Waals surface area contributed by atoms with Gasteiger partial charge in [-0.1, -0.05) is 12.1 Å². The minimum Gasteiger partial charge on any atom is -0.496 e. The van der Waals surface area contributed by atoms with E-state index in [1.54, 1.807) is 31.6 Å². The van der Waals surface area contributed by atoms with Crippen LogP contribution in [-0.2, 0) is 6.54 Å². The lowest BCUT2D eigenvalue weighted by molar-refractivity contribution is 0.0948. The third-order valence-electron chi connectivity index (χ3n) is 7.65. The molecule has 0 bridgehead atoms. The van der Waals surface area contributed by atoms with Crippen molar-refractivity contribution in [2.75, 3.05) is 20.3 Å². The van der Waals surface area contributed by atoms with Crippen molar-refractivity contribution >= 4 is 5.78 Å². The number of rotatable bonds is 9.